The zero-order valence-corrected chi connectivity index (χ0v) is 22.1. The molecule has 0 saturated carbocycles. The van der Waals surface area contributed by atoms with Gasteiger partial charge in [-0.3, -0.25) is 9.79 Å². The number of nitrogens with zero attached hydrogens (tertiary/aromatic N) is 3. The zero-order chi connectivity index (χ0) is 25.7. The summed E-state index contributed by atoms with van der Waals surface area (Å²) in [7, 11) is 1.88. The van der Waals surface area contributed by atoms with Gasteiger partial charge in [-0.15, -0.1) is 0 Å². The average Bonchev–Trinajstić information content (AvgIpc) is 3.20. The highest BCUT2D eigenvalue weighted by Gasteiger charge is 2.13. The number of rotatable bonds is 6. The Kier molecular flexibility index (Phi) is 12.3. The van der Waals surface area contributed by atoms with Gasteiger partial charge in [0.25, 0.3) is 5.91 Å². The van der Waals surface area contributed by atoms with Crippen LogP contribution in [0.1, 0.15) is 77.5 Å². The molecule has 6 nitrogen and oxygen atoms in total. The molecule has 0 aliphatic rings. The van der Waals surface area contributed by atoms with Gasteiger partial charge >= 0.3 is 0 Å². The Morgan fingerprint density at radius 2 is 1.85 bits per heavy atom. The first-order valence-corrected chi connectivity index (χ1v) is 12.2. The van der Waals surface area contributed by atoms with Crippen LogP contribution in [0.25, 0.3) is 11.0 Å². The monoisotopic (exact) mass is 471 g/mol. The molecule has 0 radical (unpaired) electrons. The van der Waals surface area contributed by atoms with Crippen LogP contribution in [0.4, 0.5) is 4.39 Å². The van der Waals surface area contributed by atoms with E-state index in [0.717, 1.165) is 0 Å². The maximum absolute atomic E-state index is 13.3. The van der Waals surface area contributed by atoms with Gasteiger partial charge in [0.2, 0.25) is 0 Å². The molecule has 0 aliphatic heterocycles. The molecule has 3 aromatic rings. The first-order chi connectivity index (χ1) is 16.1. The molecule has 2 heterocycles. The predicted molar refractivity (Wildman–Crippen MR) is 139 cm³/mol. The average molecular weight is 472 g/mol. The highest BCUT2D eigenvalue weighted by atomic mass is 19.1. The summed E-state index contributed by atoms with van der Waals surface area (Å²) >= 11 is 0. The minimum atomic E-state index is -0.306. The van der Waals surface area contributed by atoms with Crippen molar-refractivity contribution in [2.75, 3.05) is 13.1 Å². The van der Waals surface area contributed by atoms with Gasteiger partial charge in [-0.1, -0.05) is 61.3 Å². The molecule has 7 heteroatoms. The summed E-state index contributed by atoms with van der Waals surface area (Å²) in [6.45, 7) is 15.7. The second-order valence-electron chi connectivity index (χ2n) is 9.08. The molecule has 0 saturated heterocycles. The Morgan fingerprint density at radius 1 is 1.18 bits per heavy atom. The molecule has 0 atom stereocenters. The van der Waals surface area contributed by atoms with E-state index in [0.29, 0.717) is 47.4 Å². The number of aryl methyl sites for hydroxylation is 1. The molecule has 188 valence electrons. The van der Waals surface area contributed by atoms with Crippen molar-refractivity contribution in [3.05, 3.63) is 59.2 Å². The number of aromatic amines is 1. The Morgan fingerprint density at radius 3 is 2.47 bits per heavy atom. The SMILES string of the molecule is CC.CCCC.Cn1cccc(C(=O)NCCc2nc3ccc(F)cc3[nH]2)c1=NCC(C)(C)C. The lowest BCUT2D eigenvalue weighted by molar-refractivity contribution is 0.0951. The quantitative estimate of drug-likeness (QED) is 0.477. The van der Waals surface area contributed by atoms with Gasteiger partial charge < -0.3 is 14.9 Å². The number of unbranched alkanes of at least 4 members (excludes halogenated alkanes) is 1. The Balaban J connectivity index is 0.000000872. The number of aromatic nitrogens is 3. The van der Waals surface area contributed by atoms with Crippen molar-refractivity contribution in [3.8, 4) is 0 Å². The number of hydrogen-bond acceptors (Lipinski definition) is 3. The van der Waals surface area contributed by atoms with Crippen molar-refractivity contribution < 1.29 is 9.18 Å². The molecule has 1 amide bonds. The number of H-pyrrole nitrogens is 1. The molecule has 0 fully saturated rings. The third-order valence-electron chi connectivity index (χ3n) is 4.74. The van der Waals surface area contributed by atoms with E-state index in [1.165, 1.54) is 25.0 Å². The van der Waals surface area contributed by atoms with E-state index >= 15 is 0 Å². The molecule has 0 aliphatic carbocycles. The number of nitrogens with one attached hydrogen (secondary N) is 2. The van der Waals surface area contributed by atoms with Gasteiger partial charge in [-0.2, -0.15) is 0 Å². The molecule has 2 N–H and O–H groups in total. The van der Waals surface area contributed by atoms with E-state index in [2.05, 4.69) is 54.9 Å². The number of benzene rings is 1. The zero-order valence-electron chi connectivity index (χ0n) is 22.1. The third kappa shape index (κ3) is 9.49. The fraction of sp³-hybridized carbons (Fsp3) is 0.519. The van der Waals surface area contributed by atoms with Crippen LogP contribution in [0.3, 0.4) is 0 Å². The van der Waals surface area contributed by atoms with E-state index in [1.807, 2.05) is 37.7 Å². The molecule has 0 unspecified atom stereocenters. The van der Waals surface area contributed by atoms with Gasteiger partial charge in [-0.25, -0.2) is 9.37 Å². The molecule has 0 bridgehead atoms. The number of amides is 1. The summed E-state index contributed by atoms with van der Waals surface area (Å²) in [4.78, 5) is 24.8. The fourth-order valence-electron chi connectivity index (χ4n) is 2.83. The lowest BCUT2D eigenvalue weighted by Gasteiger charge is -2.15. The first kappa shape index (κ1) is 29.1. The number of halogens is 1. The number of carbonyl (C=O) groups excluding carboxylic acids is 1. The number of fused-ring (bicyclic) bond motifs is 1. The molecule has 3 rings (SSSR count). The van der Waals surface area contributed by atoms with Crippen molar-refractivity contribution >= 4 is 16.9 Å². The summed E-state index contributed by atoms with van der Waals surface area (Å²) in [6.07, 6.45) is 5.04. The third-order valence-corrected chi connectivity index (χ3v) is 4.74. The first-order valence-electron chi connectivity index (χ1n) is 12.2. The molecule has 1 aromatic carbocycles. The summed E-state index contributed by atoms with van der Waals surface area (Å²) in [5.74, 6) is 0.225. The van der Waals surface area contributed by atoms with Crippen LogP contribution in [0.2, 0.25) is 0 Å². The van der Waals surface area contributed by atoms with Crippen molar-refractivity contribution in [2.24, 2.45) is 17.5 Å². The van der Waals surface area contributed by atoms with Gasteiger partial charge in [0.05, 0.1) is 16.6 Å². The standard InChI is InChI=1S/C21H26FN5O.C4H10.C2H6/c1-21(2,3)13-24-19-15(6-5-11-27(19)4)20(28)23-10-9-18-25-16-8-7-14(22)12-17(16)26-18;1-3-4-2;1-2/h5-8,11-12H,9-10,13H2,1-4H3,(H,23,28)(H,25,26);3-4H2,1-2H3;1-2H3. The normalized spacial score (nSPS) is 11.4. The number of imidazole rings is 1. The molecule has 34 heavy (non-hydrogen) atoms. The minimum absolute atomic E-state index is 0.0390. The Labute approximate surface area is 203 Å². The van der Waals surface area contributed by atoms with E-state index in [9.17, 15) is 9.18 Å². The van der Waals surface area contributed by atoms with Crippen LogP contribution in [-0.2, 0) is 13.5 Å². The highest BCUT2D eigenvalue weighted by molar-refractivity contribution is 5.93. The van der Waals surface area contributed by atoms with Crippen LogP contribution in [0.15, 0.2) is 41.5 Å². The second-order valence-corrected chi connectivity index (χ2v) is 9.08. The topological polar surface area (TPSA) is 75.1 Å². The van der Waals surface area contributed by atoms with E-state index < -0.39 is 0 Å². The lowest BCUT2D eigenvalue weighted by Crippen LogP contribution is -2.34. The molecule has 2 aromatic heterocycles. The number of carbonyl (C=O) groups is 1. The maximum Gasteiger partial charge on any atom is 0.255 e. The fourth-order valence-corrected chi connectivity index (χ4v) is 2.83. The van der Waals surface area contributed by atoms with Crippen molar-refractivity contribution in [3.63, 3.8) is 0 Å². The molecule has 0 spiro atoms. The number of pyridine rings is 1. The van der Waals surface area contributed by atoms with Gasteiger partial charge in [0.15, 0.2) is 0 Å². The van der Waals surface area contributed by atoms with E-state index in [-0.39, 0.29) is 17.1 Å². The van der Waals surface area contributed by atoms with Crippen LogP contribution in [0, 0.1) is 11.2 Å². The van der Waals surface area contributed by atoms with Crippen LogP contribution in [0.5, 0.6) is 0 Å². The van der Waals surface area contributed by atoms with Gasteiger partial charge in [-0.05, 0) is 35.7 Å². The van der Waals surface area contributed by atoms with Crippen LogP contribution in [-0.4, -0.2) is 33.5 Å². The van der Waals surface area contributed by atoms with E-state index in [4.69, 9.17) is 0 Å². The van der Waals surface area contributed by atoms with E-state index in [1.54, 1.807) is 12.1 Å². The van der Waals surface area contributed by atoms with Crippen LogP contribution < -0.4 is 10.8 Å². The van der Waals surface area contributed by atoms with Crippen molar-refractivity contribution in [1.82, 2.24) is 19.9 Å². The summed E-state index contributed by atoms with van der Waals surface area (Å²) in [5.41, 5.74) is 2.60. The molecular weight excluding hydrogens is 429 g/mol. The van der Waals surface area contributed by atoms with Crippen molar-refractivity contribution in [1.29, 1.82) is 0 Å². The summed E-state index contributed by atoms with van der Waals surface area (Å²) in [5, 5.41) is 2.92. The minimum Gasteiger partial charge on any atom is -0.351 e. The second kappa shape index (κ2) is 14.3. The predicted octanol–water partition coefficient (Wildman–Crippen LogP) is 5.79. The van der Waals surface area contributed by atoms with Gasteiger partial charge in [0, 0.05) is 32.8 Å². The van der Waals surface area contributed by atoms with Crippen molar-refractivity contribution in [2.45, 2.75) is 67.7 Å². The van der Waals surface area contributed by atoms with Crippen LogP contribution >= 0.6 is 0 Å². The summed E-state index contributed by atoms with van der Waals surface area (Å²) < 4.78 is 15.1. The summed E-state index contributed by atoms with van der Waals surface area (Å²) in [6, 6.07) is 8.04. The Bertz CT molecular complexity index is 1090. The highest BCUT2D eigenvalue weighted by Crippen LogP contribution is 2.13. The maximum atomic E-state index is 13.3. The lowest BCUT2D eigenvalue weighted by atomic mass is 9.97. The molecular formula is C27H42FN5O. The van der Waals surface area contributed by atoms with Gasteiger partial charge in [0.1, 0.15) is 17.1 Å². The Hall–Kier alpha value is -2.96. The smallest absolute Gasteiger partial charge is 0.255 e. The largest absolute Gasteiger partial charge is 0.351 e. The number of hydrogen-bond donors (Lipinski definition) is 2.